The molecule has 1 heterocycles. The molecule has 1 aliphatic rings. The molecule has 0 aromatic heterocycles. The monoisotopic (exact) mass is 226 g/mol. The Hall–Kier alpha value is -0.0800. The first-order valence-electron chi connectivity index (χ1n) is 6.90. The van der Waals surface area contributed by atoms with E-state index < -0.39 is 0 Å². The standard InChI is InChI=1S/C14H30N2/c1-5-12-6-8-16(9-7-12)13(11-15)10-14(2,3)4/h12-13H,5-11,15H2,1-4H3. The molecule has 0 radical (unpaired) electrons. The fraction of sp³-hybridized carbons (Fsp3) is 1.00. The molecule has 1 rings (SSSR count). The number of nitrogens with zero attached hydrogens (tertiary/aromatic N) is 1. The zero-order chi connectivity index (χ0) is 12.2. The van der Waals surface area contributed by atoms with E-state index in [9.17, 15) is 0 Å². The second kappa shape index (κ2) is 6.02. The zero-order valence-corrected chi connectivity index (χ0v) is 11.6. The minimum absolute atomic E-state index is 0.394. The van der Waals surface area contributed by atoms with Crippen molar-refractivity contribution in [2.75, 3.05) is 19.6 Å². The van der Waals surface area contributed by atoms with Gasteiger partial charge in [0.25, 0.3) is 0 Å². The van der Waals surface area contributed by atoms with E-state index in [1.54, 1.807) is 0 Å². The van der Waals surface area contributed by atoms with Crippen LogP contribution in [0.5, 0.6) is 0 Å². The van der Waals surface area contributed by atoms with Gasteiger partial charge in [-0.15, -0.1) is 0 Å². The van der Waals surface area contributed by atoms with Gasteiger partial charge in [0.1, 0.15) is 0 Å². The maximum atomic E-state index is 5.94. The molecule has 0 aromatic carbocycles. The highest BCUT2D eigenvalue weighted by molar-refractivity contribution is 4.82. The lowest BCUT2D eigenvalue weighted by atomic mass is 9.86. The highest BCUT2D eigenvalue weighted by Gasteiger charge is 2.26. The predicted molar refractivity (Wildman–Crippen MR) is 71.5 cm³/mol. The Balaban J connectivity index is 2.43. The largest absolute Gasteiger partial charge is 0.329 e. The van der Waals surface area contributed by atoms with Crippen LogP contribution in [-0.2, 0) is 0 Å². The molecule has 2 N–H and O–H groups in total. The minimum Gasteiger partial charge on any atom is -0.329 e. The van der Waals surface area contributed by atoms with Crippen LogP contribution in [0.3, 0.4) is 0 Å². The predicted octanol–water partition coefficient (Wildman–Crippen LogP) is 2.87. The summed E-state index contributed by atoms with van der Waals surface area (Å²) in [5.74, 6) is 0.962. The first kappa shape index (κ1) is 14.0. The fourth-order valence-electron chi connectivity index (χ4n) is 2.79. The van der Waals surface area contributed by atoms with E-state index in [1.807, 2.05) is 0 Å². The van der Waals surface area contributed by atoms with Crippen molar-refractivity contribution in [3.8, 4) is 0 Å². The molecule has 96 valence electrons. The lowest BCUT2D eigenvalue weighted by Gasteiger charge is -2.39. The van der Waals surface area contributed by atoms with E-state index in [4.69, 9.17) is 5.73 Å². The van der Waals surface area contributed by atoms with E-state index in [2.05, 4.69) is 32.6 Å². The molecule has 2 heteroatoms. The van der Waals surface area contributed by atoms with Gasteiger partial charge in [0, 0.05) is 12.6 Å². The third kappa shape index (κ3) is 4.42. The van der Waals surface area contributed by atoms with Crippen LogP contribution >= 0.6 is 0 Å². The van der Waals surface area contributed by atoms with Crippen LogP contribution in [-0.4, -0.2) is 30.6 Å². The number of hydrogen-bond acceptors (Lipinski definition) is 2. The van der Waals surface area contributed by atoms with Crippen LogP contribution in [0.25, 0.3) is 0 Å². The zero-order valence-electron chi connectivity index (χ0n) is 11.6. The summed E-state index contributed by atoms with van der Waals surface area (Å²) in [7, 11) is 0. The van der Waals surface area contributed by atoms with Crippen LogP contribution in [0.15, 0.2) is 0 Å². The summed E-state index contributed by atoms with van der Waals surface area (Å²) >= 11 is 0. The van der Waals surface area contributed by atoms with Gasteiger partial charge in [-0.1, -0.05) is 34.1 Å². The summed E-state index contributed by atoms with van der Waals surface area (Å²) in [5.41, 5.74) is 6.33. The maximum Gasteiger partial charge on any atom is 0.0223 e. The van der Waals surface area contributed by atoms with E-state index in [0.717, 1.165) is 12.5 Å². The number of hydrogen-bond donors (Lipinski definition) is 1. The van der Waals surface area contributed by atoms with Crippen molar-refractivity contribution in [1.29, 1.82) is 0 Å². The van der Waals surface area contributed by atoms with Crippen LogP contribution < -0.4 is 5.73 Å². The molecule has 1 atom stereocenters. The Labute approximate surface area is 102 Å². The third-order valence-corrected chi connectivity index (χ3v) is 3.86. The number of nitrogens with two attached hydrogens (primary N) is 1. The molecule has 1 unspecified atom stereocenters. The molecule has 0 aromatic rings. The average molecular weight is 226 g/mol. The van der Waals surface area contributed by atoms with Crippen molar-refractivity contribution in [2.24, 2.45) is 17.1 Å². The van der Waals surface area contributed by atoms with Crippen LogP contribution in [0.1, 0.15) is 53.4 Å². The summed E-state index contributed by atoms with van der Waals surface area (Å²) < 4.78 is 0. The number of rotatable bonds is 4. The summed E-state index contributed by atoms with van der Waals surface area (Å²) in [4.78, 5) is 2.62. The minimum atomic E-state index is 0.394. The Morgan fingerprint density at radius 3 is 2.19 bits per heavy atom. The Bertz CT molecular complexity index is 187. The molecule has 0 bridgehead atoms. The summed E-state index contributed by atoms with van der Waals surface area (Å²) in [6.45, 7) is 12.6. The Morgan fingerprint density at radius 1 is 1.25 bits per heavy atom. The van der Waals surface area contributed by atoms with Crippen molar-refractivity contribution in [3.63, 3.8) is 0 Å². The first-order valence-corrected chi connectivity index (χ1v) is 6.90. The SMILES string of the molecule is CCC1CCN(C(CN)CC(C)(C)C)CC1. The summed E-state index contributed by atoms with van der Waals surface area (Å²) in [6.07, 6.45) is 5.31. The van der Waals surface area contributed by atoms with Gasteiger partial charge in [-0.2, -0.15) is 0 Å². The molecule has 0 saturated carbocycles. The molecular weight excluding hydrogens is 196 g/mol. The smallest absolute Gasteiger partial charge is 0.0223 e. The van der Waals surface area contributed by atoms with Gasteiger partial charge in [0.2, 0.25) is 0 Å². The molecular formula is C14H30N2. The topological polar surface area (TPSA) is 29.3 Å². The molecule has 0 amide bonds. The lowest BCUT2D eigenvalue weighted by Crippen LogP contribution is -2.46. The Kier molecular flexibility index (Phi) is 5.26. The van der Waals surface area contributed by atoms with Crippen molar-refractivity contribution < 1.29 is 0 Å². The van der Waals surface area contributed by atoms with Gasteiger partial charge in [0.05, 0.1) is 0 Å². The van der Waals surface area contributed by atoms with E-state index in [1.165, 1.54) is 38.8 Å². The maximum absolute atomic E-state index is 5.94. The van der Waals surface area contributed by atoms with Gasteiger partial charge in [-0.05, 0) is 43.7 Å². The highest BCUT2D eigenvalue weighted by atomic mass is 15.2. The lowest BCUT2D eigenvalue weighted by molar-refractivity contribution is 0.106. The number of likely N-dealkylation sites (tertiary alicyclic amines) is 1. The van der Waals surface area contributed by atoms with Crippen molar-refractivity contribution in [1.82, 2.24) is 4.90 Å². The van der Waals surface area contributed by atoms with Gasteiger partial charge in [0.15, 0.2) is 0 Å². The van der Waals surface area contributed by atoms with Crippen LogP contribution in [0.2, 0.25) is 0 Å². The molecule has 16 heavy (non-hydrogen) atoms. The molecule has 2 nitrogen and oxygen atoms in total. The van der Waals surface area contributed by atoms with Gasteiger partial charge in [-0.3, -0.25) is 4.90 Å². The summed E-state index contributed by atoms with van der Waals surface area (Å²) in [6, 6.07) is 0.595. The second-order valence-electron chi connectivity index (χ2n) is 6.54. The van der Waals surface area contributed by atoms with Crippen LogP contribution in [0.4, 0.5) is 0 Å². The second-order valence-corrected chi connectivity index (χ2v) is 6.54. The van der Waals surface area contributed by atoms with Gasteiger partial charge < -0.3 is 5.73 Å². The van der Waals surface area contributed by atoms with Crippen LogP contribution in [0, 0.1) is 11.3 Å². The molecule has 1 fully saturated rings. The van der Waals surface area contributed by atoms with Crippen molar-refractivity contribution >= 4 is 0 Å². The third-order valence-electron chi connectivity index (χ3n) is 3.86. The molecule has 0 spiro atoms. The van der Waals surface area contributed by atoms with Crippen molar-refractivity contribution in [3.05, 3.63) is 0 Å². The van der Waals surface area contributed by atoms with E-state index in [0.29, 0.717) is 11.5 Å². The summed E-state index contributed by atoms with van der Waals surface area (Å²) in [5, 5.41) is 0. The van der Waals surface area contributed by atoms with Gasteiger partial charge >= 0.3 is 0 Å². The number of piperidine rings is 1. The normalized spacial score (nSPS) is 22.3. The first-order chi connectivity index (χ1) is 7.46. The molecule has 0 aliphatic carbocycles. The van der Waals surface area contributed by atoms with E-state index in [-0.39, 0.29) is 0 Å². The highest BCUT2D eigenvalue weighted by Crippen LogP contribution is 2.27. The average Bonchev–Trinajstić information content (AvgIpc) is 2.25. The Morgan fingerprint density at radius 2 is 1.81 bits per heavy atom. The molecule has 1 saturated heterocycles. The van der Waals surface area contributed by atoms with Gasteiger partial charge in [-0.25, -0.2) is 0 Å². The fourth-order valence-corrected chi connectivity index (χ4v) is 2.79. The quantitative estimate of drug-likeness (QED) is 0.798. The van der Waals surface area contributed by atoms with Crippen molar-refractivity contribution in [2.45, 2.75) is 59.4 Å². The molecule has 1 aliphatic heterocycles. The van der Waals surface area contributed by atoms with E-state index >= 15 is 0 Å².